The van der Waals surface area contributed by atoms with Gasteiger partial charge in [-0.2, -0.15) is 0 Å². The molecule has 1 aromatic carbocycles. The number of piperidine rings is 1. The molecule has 3 atom stereocenters. The van der Waals surface area contributed by atoms with E-state index in [1.54, 1.807) is 7.11 Å². The van der Waals surface area contributed by atoms with E-state index in [9.17, 15) is 5.11 Å². The van der Waals surface area contributed by atoms with E-state index in [0.717, 1.165) is 42.1 Å². The van der Waals surface area contributed by atoms with Crippen LogP contribution in [0.4, 0.5) is 0 Å². The van der Waals surface area contributed by atoms with Crippen molar-refractivity contribution in [1.82, 2.24) is 4.90 Å². The fourth-order valence-corrected chi connectivity index (χ4v) is 5.13. The second-order valence-electron chi connectivity index (χ2n) is 9.38. The summed E-state index contributed by atoms with van der Waals surface area (Å²) < 4.78 is 18.9. The molecule has 0 radical (unpaired) electrons. The summed E-state index contributed by atoms with van der Waals surface area (Å²) in [6, 6.07) is 2.30. The van der Waals surface area contributed by atoms with Crippen molar-refractivity contribution in [1.29, 1.82) is 0 Å². The van der Waals surface area contributed by atoms with E-state index >= 15 is 0 Å². The number of hydrogen-bond donors (Lipinski definition) is 1. The largest absolute Gasteiger partial charge is 0.493 e. The molecule has 6 heteroatoms. The molecule has 0 amide bonds. The van der Waals surface area contributed by atoms with Gasteiger partial charge in [0, 0.05) is 19.1 Å². The number of methoxy groups -OCH3 is 1. The Hall–Kier alpha value is -0.820. The lowest BCUT2D eigenvalue weighted by Gasteiger charge is -2.47. The van der Waals surface area contributed by atoms with Crippen LogP contribution in [0.5, 0.6) is 11.5 Å². The van der Waals surface area contributed by atoms with E-state index < -0.39 is 6.10 Å². The van der Waals surface area contributed by atoms with E-state index in [-0.39, 0.29) is 17.7 Å². The predicted octanol–water partition coefficient (Wildman–Crippen LogP) is 4.09. The summed E-state index contributed by atoms with van der Waals surface area (Å²) in [6.45, 7) is 8.60. The smallest absolute Gasteiger partial charge is 0.175 e. The Morgan fingerprint density at radius 1 is 1.29 bits per heavy atom. The van der Waals surface area contributed by atoms with Crippen molar-refractivity contribution in [3.8, 4) is 11.5 Å². The molecule has 5 nitrogen and oxygen atoms in total. The molecule has 2 fully saturated rings. The third-order valence-electron chi connectivity index (χ3n) is 5.97. The van der Waals surface area contributed by atoms with Crippen LogP contribution in [0.25, 0.3) is 0 Å². The number of nitrogens with zero attached hydrogens (tertiary/aromatic N) is 1. The second kappa shape index (κ2) is 7.78. The average Bonchev–Trinajstić information content (AvgIpc) is 3.44. The van der Waals surface area contributed by atoms with Crippen LogP contribution < -0.4 is 9.47 Å². The SMILES string of the molecule is COc1cc2c(c(Br)c1OCC1CC1)CCN1C[C@@H](OC(C)(C)C)[C@H](O)C[C@H]21. The lowest BCUT2D eigenvalue weighted by atomic mass is 9.84. The Kier molecular flexibility index (Phi) is 5.69. The summed E-state index contributed by atoms with van der Waals surface area (Å²) in [5.74, 6) is 2.29. The Bertz CT molecular complexity index is 728. The van der Waals surface area contributed by atoms with E-state index in [4.69, 9.17) is 14.2 Å². The molecule has 1 aromatic rings. The van der Waals surface area contributed by atoms with Gasteiger partial charge in [0.25, 0.3) is 0 Å². The zero-order chi connectivity index (χ0) is 20.1. The Morgan fingerprint density at radius 2 is 2.04 bits per heavy atom. The number of benzene rings is 1. The number of ether oxygens (including phenoxy) is 3. The van der Waals surface area contributed by atoms with Crippen molar-refractivity contribution in [2.75, 3.05) is 26.8 Å². The van der Waals surface area contributed by atoms with E-state index in [1.807, 2.05) is 20.8 Å². The minimum Gasteiger partial charge on any atom is -0.493 e. The van der Waals surface area contributed by atoms with Crippen LogP contribution >= 0.6 is 15.9 Å². The fourth-order valence-electron chi connectivity index (χ4n) is 4.39. The molecule has 0 spiro atoms. The number of aliphatic hydroxyl groups is 1. The second-order valence-corrected chi connectivity index (χ2v) is 10.2. The maximum absolute atomic E-state index is 10.8. The van der Waals surface area contributed by atoms with Crippen LogP contribution in [0.1, 0.15) is 57.2 Å². The molecule has 156 valence electrons. The van der Waals surface area contributed by atoms with Gasteiger partial charge in [-0.25, -0.2) is 0 Å². The molecule has 1 N–H and O–H groups in total. The van der Waals surface area contributed by atoms with E-state index in [2.05, 4.69) is 26.9 Å². The first-order valence-electron chi connectivity index (χ1n) is 10.4. The van der Waals surface area contributed by atoms with Gasteiger partial charge in [0.2, 0.25) is 0 Å². The van der Waals surface area contributed by atoms with Gasteiger partial charge in [-0.15, -0.1) is 0 Å². The zero-order valence-corrected chi connectivity index (χ0v) is 18.9. The molecular weight excluding hydrogens is 422 g/mol. The quantitative estimate of drug-likeness (QED) is 0.727. The minimum atomic E-state index is -0.470. The van der Waals surface area contributed by atoms with Crippen molar-refractivity contribution in [3.63, 3.8) is 0 Å². The highest BCUT2D eigenvalue weighted by atomic mass is 79.9. The Balaban J connectivity index is 1.59. The van der Waals surface area contributed by atoms with Gasteiger partial charge in [-0.05, 0) is 85.5 Å². The number of aliphatic hydroxyl groups excluding tert-OH is 1. The van der Waals surface area contributed by atoms with Crippen LogP contribution in [0.15, 0.2) is 10.5 Å². The highest BCUT2D eigenvalue weighted by Crippen LogP contribution is 2.48. The lowest BCUT2D eigenvalue weighted by molar-refractivity contribution is -0.149. The molecule has 3 aliphatic rings. The first-order valence-corrected chi connectivity index (χ1v) is 11.2. The van der Waals surface area contributed by atoms with Gasteiger partial charge in [0.1, 0.15) is 0 Å². The van der Waals surface area contributed by atoms with Gasteiger partial charge < -0.3 is 19.3 Å². The Morgan fingerprint density at radius 3 is 2.68 bits per heavy atom. The fraction of sp³-hybridized carbons (Fsp3) is 0.727. The van der Waals surface area contributed by atoms with Crippen molar-refractivity contribution in [3.05, 3.63) is 21.7 Å². The summed E-state index contributed by atoms with van der Waals surface area (Å²) in [7, 11) is 1.70. The highest BCUT2D eigenvalue weighted by Gasteiger charge is 2.41. The molecule has 1 saturated carbocycles. The van der Waals surface area contributed by atoms with Crippen LogP contribution in [0.3, 0.4) is 0 Å². The van der Waals surface area contributed by atoms with Crippen molar-refractivity contribution in [2.45, 2.75) is 70.3 Å². The molecular formula is C22H32BrNO4. The molecule has 28 heavy (non-hydrogen) atoms. The van der Waals surface area contributed by atoms with Crippen LogP contribution in [-0.4, -0.2) is 54.6 Å². The number of fused-ring (bicyclic) bond motifs is 3. The molecule has 1 aliphatic carbocycles. The normalized spacial score (nSPS) is 27.9. The summed E-state index contributed by atoms with van der Waals surface area (Å²) >= 11 is 3.80. The number of hydrogen-bond acceptors (Lipinski definition) is 5. The first kappa shape index (κ1) is 20.5. The topological polar surface area (TPSA) is 51.2 Å². The monoisotopic (exact) mass is 453 g/mol. The molecule has 1 saturated heterocycles. The molecule has 0 aromatic heterocycles. The Labute approximate surface area is 176 Å². The lowest BCUT2D eigenvalue weighted by Crippen LogP contribution is -2.53. The third-order valence-corrected chi connectivity index (χ3v) is 6.80. The van der Waals surface area contributed by atoms with Gasteiger partial charge in [-0.1, -0.05) is 0 Å². The molecule has 4 rings (SSSR count). The summed E-state index contributed by atoms with van der Waals surface area (Å²) in [5.41, 5.74) is 2.27. The van der Waals surface area contributed by atoms with E-state index in [1.165, 1.54) is 24.0 Å². The summed E-state index contributed by atoms with van der Waals surface area (Å²) in [5, 5.41) is 10.8. The van der Waals surface area contributed by atoms with Crippen molar-refractivity contribution >= 4 is 15.9 Å². The van der Waals surface area contributed by atoms with Crippen LogP contribution in [0.2, 0.25) is 0 Å². The minimum absolute atomic E-state index is 0.149. The predicted molar refractivity (Wildman–Crippen MR) is 112 cm³/mol. The standard InChI is InChI=1S/C22H32BrNO4/c1-22(2,3)28-19-11-24-8-7-14-15(16(24)10-17(19)25)9-18(26-4)21(20(14)23)27-12-13-5-6-13/h9,13,16-17,19,25H,5-8,10-12H2,1-4H3/t16-,17-,19-/m1/s1. The van der Waals surface area contributed by atoms with Crippen molar-refractivity contribution < 1.29 is 19.3 Å². The molecule has 0 bridgehead atoms. The maximum atomic E-state index is 10.8. The van der Waals surface area contributed by atoms with Crippen LogP contribution in [0, 0.1) is 5.92 Å². The molecule has 0 unspecified atom stereocenters. The summed E-state index contributed by atoms with van der Waals surface area (Å²) in [6.07, 6.45) is 3.53. The van der Waals surface area contributed by atoms with Gasteiger partial charge in [-0.3, -0.25) is 4.90 Å². The number of rotatable bonds is 5. The molecule has 2 aliphatic heterocycles. The highest BCUT2D eigenvalue weighted by molar-refractivity contribution is 9.10. The third kappa shape index (κ3) is 4.20. The van der Waals surface area contributed by atoms with Crippen LogP contribution in [-0.2, 0) is 11.2 Å². The van der Waals surface area contributed by atoms with Gasteiger partial charge in [0.05, 0.1) is 36.0 Å². The first-order chi connectivity index (χ1) is 13.3. The van der Waals surface area contributed by atoms with Gasteiger partial charge in [0.15, 0.2) is 11.5 Å². The van der Waals surface area contributed by atoms with Gasteiger partial charge >= 0.3 is 0 Å². The summed E-state index contributed by atoms with van der Waals surface area (Å²) in [4.78, 5) is 2.45. The molecule has 2 heterocycles. The van der Waals surface area contributed by atoms with E-state index in [0.29, 0.717) is 12.3 Å². The zero-order valence-electron chi connectivity index (χ0n) is 17.3. The number of halogens is 1. The average molecular weight is 454 g/mol. The maximum Gasteiger partial charge on any atom is 0.175 e. The van der Waals surface area contributed by atoms with Crippen molar-refractivity contribution in [2.24, 2.45) is 5.92 Å².